The molecule has 104 valence electrons. The van der Waals surface area contributed by atoms with Crippen molar-refractivity contribution in [3.63, 3.8) is 0 Å². The molecule has 1 N–H and O–H groups in total. The van der Waals surface area contributed by atoms with Crippen LogP contribution in [-0.2, 0) is 4.74 Å². The predicted molar refractivity (Wildman–Crippen MR) is 71.5 cm³/mol. The summed E-state index contributed by atoms with van der Waals surface area (Å²) in [5, 5.41) is 13.5. The summed E-state index contributed by atoms with van der Waals surface area (Å²) in [4.78, 5) is 22.8. The number of esters is 1. The van der Waals surface area contributed by atoms with Crippen LogP contribution in [0, 0.1) is 0 Å². The minimum atomic E-state index is -1.29. The highest BCUT2D eigenvalue weighted by molar-refractivity contribution is 6.30. The summed E-state index contributed by atoms with van der Waals surface area (Å²) >= 11 is 5.78. The van der Waals surface area contributed by atoms with Crippen molar-refractivity contribution >= 4 is 23.5 Å². The maximum Gasteiger partial charge on any atom is 0.357 e. The molecule has 0 saturated carbocycles. The second-order valence-electron chi connectivity index (χ2n) is 3.84. The van der Waals surface area contributed by atoms with Crippen molar-refractivity contribution in [2.75, 3.05) is 6.61 Å². The third kappa shape index (κ3) is 2.80. The smallest absolute Gasteiger partial charge is 0.357 e. The Hall–Kier alpha value is -2.34. The third-order valence-electron chi connectivity index (χ3n) is 2.50. The Morgan fingerprint density at radius 3 is 2.55 bits per heavy atom. The number of hydrogen-bond donors (Lipinski definition) is 1. The first-order chi connectivity index (χ1) is 9.52. The molecule has 0 aliphatic heterocycles. The zero-order valence-electron chi connectivity index (χ0n) is 10.5. The lowest BCUT2D eigenvalue weighted by Gasteiger charge is -2.00. The lowest BCUT2D eigenvalue weighted by Crippen LogP contribution is -2.10. The number of aromatic nitrogens is 2. The Bertz CT molecular complexity index is 649. The van der Waals surface area contributed by atoms with E-state index in [9.17, 15) is 9.59 Å². The van der Waals surface area contributed by atoms with E-state index in [0.717, 1.165) is 0 Å². The number of halogens is 1. The van der Waals surface area contributed by atoms with Crippen LogP contribution in [-0.4, -0.2) is 33.4 Å². The Balaban J connectivity index is 2.46. The van der Waals surface area contributed by atoms with E-state index in [1.54, 1.807) is 31.2 Å². The van der Waals surface area contributed by atoms with E-state index in [4.69, 9.17) is 21.4 Å². The topological polar surface area (TPSA) is 81.4 Å². The molecule has 2 aromatic rings. The summed E-state index contributed by atoms with van der Waals surface area (Å²) in [6.45, 7) is 1.80. The number of rotatable bonds is 4. The van der Waals surface area contributed by atoms with Crippen LogP contribution in [0.15, 0.2) is 30.5 Å². The highest BCUT2D eigenvalue weighted by Crippen LogP contribution is 2.16. The molecule has 0 aliphatic carbocycles. The van der Waals surface area contributed by atoms with Gasteiger partial charge in [-0.1, -0.05) is 11.6 Å². The lowest BCUT2D eigenvalue weighted by atomic mass is 10.2. The second kappa shape index (κ2) is 5.75. The SMILES string of the molecule is CCOC(=O)c1cn(-c2ccc(Cl)cc2)nc1C(=O)O. The van der Waals surface area contributed by atoms with E-state index < -0.39 is 11.9 Å². The van der Waals surface area contributed by atoms with Gasteiger partial charge in [0, 0.05) is 11.2 Å². The summed E-state index contributed by atoms with van der Waals surface area (Å²) < 4.78 is 6.11. The van der Waals surface area contributed by atoms with Crippen LogP contribution in [0.1, 0.15) is 27.8 Å². The summed E-state index contributed by atoms with van der Waals surface area (Å²) in [6.07, 6.45) is 1.32. The standard InChI is InChI=1S/C13H11ClN2O4/c1-2-20-13(19)10-7-16(15-11(10)12(17)18)9-5-3-8(14)4-6-9/h3-7H,2H2,1H3,(H,17,18). The van der Waals surface area contributed by atoms with E-state index in [2.05, 4.69) is 5.10 Å². The Morgan fingerprint density at radius 1 is 1.35 bits per heavy atom. The molecule has 0 radical (unpaired) electrons. The number of benzene rings is 1. The maximum atomic E-state index is 11.7. The van der Waals surface area contributed by atoms with Crippen molar-refractivity contribution < 1.29 is 19.4 Å². The van der Waals surface area contributed by atoms with Crippen molar-refractivity contribution in [1.29, 1.82) is 0 Å². The van der Waals surface area contributed by atoms with Gasteiger partial charge in [-0.3, -0.25) is 0 Å². The lowest BCUT2D eigenvalue weighted by molar-refractivity contribution is 0.0514. The maximum absolute atomic E-state index is 11.7. The first-order valence-electron chi connectivity index (χ1n) is 5.79. The molecule has 1 aromatic carbocycles. The van der Waals surface area contributed by atoms with Crippen molar-refractivity contribution in [2.24, 2.45) is 0 Å². The number of carbonyl (C=O) groups excluding carboxylic acids is 1. The van der Waals surface area contributed by atoms with Crippen LogP contribution < -0.4 is 0 Å². The first-order valence-corrected chi connectivity index (χ1v) is 6.16. The number of nitrogens with zero attached hydrogens (tertiary/aromatic N) is 2. The Kier molecular flexibility index (Phi) is 4.05. The minimum absolute atomic E-state index is 0.0886. The van der Waals surface area contributed by atoms with E-state index in [1.807, 2.05) is 0 Å². The van der Waals surface area contributed by atoms with Crippen LogP contribution in [0.4, 0.5) is 0 Å². The molecule has 0 unspecified atom stereocenters. The second-order valence-corrected chi connectivity index (χ2v) is 4.27. The van der Waals surface area contributed by atoms with E-state index >= 15 is 0 Å². The van der Waals surface area contributed by atoms with E-state index in [-0.39, 0.29) is 17.9 Å². The first kappa shape index (κ1) is 14.1. The van der Waals surface area contributed by atoms with Gasteiger partial charge in [0.15, 0.2) is 5.69 Å². The number of hydrogen-bond acceptors (Lipinski definition) is 4. The zero-order chi connectivity index (χ0) is 14.7. The van der Waals surface area contributed by atoms with Gasteiger partial charge in [0.2, 0.25) is 0 Å². The van der Waals surface area contributed by atoms with E-state index in [1.165, 1.54) is 10.9 Å². The van der Waals surface area contributed by atoms with Gasteiger partial charge < -0.3 is 9.84 Å². The molecule has 1 heterocycles. The fraction of sp³-hybridized carbons (Fsp3) is 0.154. The average molecular weight is 295 g/mol. The largest absolute Gasteiger partial charge is 0.476 e. The van der Waals surface area contributed by atoms with Crippen LogP contribution >= 0.6 is 11.6 Å². The molecular formula is C13H11ClN2O4. The zero-order valence-corrected chi connectivity index (χ0v) is 11.3. The van der Waals surface area contributed by atoms with Gasteiger partial charge >= 0.3 is 11.9 Å². The number of carboxylic acids is 1. The molecule has 0 fully saturated rings. The molecule has 0 saturated heterocycles. The fourth-order valence-corrected chi connectivity index (χ4v) is 1.74. The highest BCUT2D eigenvalue weighted by Gasteiger charge is 2.23. The van der Waals surface area contributed by atoms with Gasteiger partial charge in [-0.2, -0.15) is 5.10 Å². The van der Waals surface area contributed by atoms with Gasteiger partial charge in [-0.15, -0.1) is 0 Å². The summed E-state index contributed by atoms with van der Waals surface area (Å²) in [5.74, 6) is -2.01. The number of carbonyl (C=O) groups is 2. The third-order valence-corrected chi connectivity index (χ3v) is 2.76. The van der Waals surface area contributed by atoms with Crippen LogP contribution in [0.25, 0.3) is 5.69 Å². The molecule has 7 heteroatoms. The quantitative estimate of drug-likeness (QED) is 0.876. The summed E-state index contributed by atoms with van der Waals surface area (Å²) in [6, 6.07) is 6.61. The Morgan fingerprint density at radius 2 is 2.00 bits per heavy atom. The molecule has 1 aromatic heterocycles. The van der Waals surface area contributed by atoms with Crippen LogP contribution in [0.3, 0.4) is 0 Å². The molecule has 6 nitrogen and oxygen atoms in total. The van der Waals surface area contributed by atoms with Crippen molar-refractivity contribution in [1.82, 2.24) is 9.78 Å². The highest BCUT2D eigenvalue weighted by atomic mass is 35.5. The molecule has 0 bridgehead atoms. The molecule has 0 aliphatic rings. The molecule has 20 heavy (non-hydrogen) atoms. The van der Waals surface area contributed by atoms with Gasteiger partial charge in [0.1, 0.15) is 5.56 Å². The fourth-order valence-electron chi connectivity index (χ4n) is 1.62. The predicted octanol–water partition coefficient (Wildman–Crippen LogP) is 2.40. The van der Waals surface area contributed by atoms with Crippen molar-refractivity contribution in [2.45, 2.75) is 6.92 Å². The molecule has 2 rings (SSSR count). The summed E-state index contributed by atoms with van der Waals surface area (Å²) in [7, 11) is 0. The van der Waals surface area contributed by atoms with Gasteiger partial charge in [0.25, 0.3) is 0 Å². The molecule has 0 spiro atoms. The van der Waals surface area contributed by atoms with Gasteiger partial charge in [-0.25, -0.2) is 14.3 Å². The van der Waals surface area contributed by atoms with Crippen molar-refractivity contribution in [3.8, 4) is 5.69 Å². The summed E-state index contributed by atoms with van der Waals surface area (Å²) in [5.41, 5.74) is 0.153. The van der Waals surface area contributed by atoms with Gasteiger partial charge in [-0.05, 0) is 31.2 Å². The Labute approximate surface area is 119 Å². The molecular weight excluding hydrogens is 284 g/mol. The van der Waals surface area contributed by atoms with Crippen LogP contribution in [0.5, 0.6) is 0 Å². The van der Waals surface area contributed by atoms with Crippen LogP contribution in [0.2, 0.25) is 5.02 Å². The van der Waals surface area contributed by atoms with Crippen molar-refractivity contribution in [3.05, 3.63) is 46.7 Å². The molecule has 0 amide bonds. The van der Waals surface area contributed by atoms with Gasteiger partial charge in [0.05, 0.1) is 12.3 Å². The monoisotopic (exact) mass is 294 g/mol. The number of aromatic carboxylic acids is 1. The number of carboxylic acid groups (broad SMARTS) is 1. The average Bonchev–Trinajstić information content (AvgIpc) is 2.85. The van der Waals surface area contributed by atoms with E-state index in [0.29, 0.717) is 10.7 Å². The normalized spacial score (nSPS) is 10.3. The molecule has 0 atom stereocenters. The number of ether oxygens (including phenoxy) is 1. The minimum Gasteiger partial charge on any atom is -0.476 e.